The highest BCUT2D eigenvalue weighted by atomic mass is 32.2. The number of fused-ring (bicyclic) bond motifs is 1. The summed E-state index contributed by atoms with van der Waals surface area (Å²) in [6.45, 7) is 2.21. The molecule has 1 aliphatic rings. The minimum absolute atomic E-state index is 1.07. The van der Waals surface area contributed by atoms with Crippen LogP contribution in [-0.4, -0.2) is 40.5 Å². The lowest BCUT2D eigenvalue weighted by molar-refractivity contribution is 0.695. The lowest BCUT2D eigenvalue weighted by atomic mass is 10.1. The Morgan fingerprint density at radius 1 is 1.54 bits per heavy atom. The zero-order valence-electron chi connectivity index (χ0n) is 7.79. The number of rotatable bonds is 3. The van der Waals surface area contributed by atoms with E-state index in [1.807, 2.05) is 11.8 Å². The largest absolute Gasteiger partial charge is 0.353 e. The fourth-order valence-electron chi connectivity index (χ4n) is 1.63. The molecular weight excluding hydrogens is 184 g/mol. The van der Waals surface area contributed by atoms with E-state index in [4.69, 9.17) is 0 Å². The molecule has 13 heavy (non-hydrogen) atoms. The van der Waals surface area contributed by atoms with Crippen LogP contribution in [0.3, 0.4) is 0 Å². The van der Waals surface area contributed by atoms with Gasteiger partial charge in [0.2, 0.25) is 0 Å². The lowest BCUT2D eigenvalue weighted by Gasteiger charge is -2.25. The summed E-state index contributed by atoms with van der Waals surface area (Å²) in [6, 6.07) is 0. The second-order valence-electron chi connectivity index (χ2n) is 3.18. The van der Waals surface area contributed by atoms with E-state index in [-0.39, 0.29) is 0 Å². The van der Waals surface area contributed by atoms with Gasteiger partial charge in [-0.05, 0) is 19.1 Å². The first-order chi connectivity index (χ1) is 6.42. The quantitative estimate of drug-likeness (QED) is 0.784. The third kappa shape index (κ3) is 1.80. The molecule has 0 saturated heterocycles. The number of hydrogen-bond donors (Lipinski definition) is 1. The number of aromatic amines is 1. The van der Waals surface area contributed by atoms with E-state index in [1.54, 1.807) is 0 Å². The molecule has 1 aromatic rings. The van der Waals surface area contributed by atoms with Crippen LogP contribution < -0.4 is 4.90 Å². The van der Waals surface area contributed by atoms with E-state index in [0.29, 0.717) is 0 Å². The maximum Gasteiger partial charge on any atom is 0.174 e. The van der Waals surface area contributed by atoms with Crippen molar-refractivity contribution >= 4 is 17.6 Å². The van der Waals surface area contributed by atoms with Gasteiger partial charge in [-0.1, -0.05) is 0 Å². The summed E-state index contributed by atoms with van der Waals surface area (Å²) in [4.78, 5) is 2.32. The Kier molecular flexibility index (Phi) is 2.73. The molecule has 1 aromatic heterocycles. The number of H-pyrrole nitrogens is 1. The molecule has 0 saturated carbocycles. The van der Waals surface area contributed by atoms with E-state index in [1.165, 1.54) is 6.42 Å². The Hall–Kier alpha value is -0.710. The zero-order valence-corrected chi connectivity index (χ0v) is 8.60. The molecule has 0 radical (unpaired) electrons. The SMILES string of the molecule is CSCCN1CCCc2n[nH]nc21. The van der Waals surface area contributed by atoms with Crippen molar-refractivity contribution in [1.29, 1.82) is 0 Å². The molecule has 0 atom stereocenters. The van der Waals surface area contributed by atoms with Crippen molar-refractivity contribution in [2.45, 2.75) is 12.8 Å². The molecule has 0 aromatic carbocycles. The number of anilines is 1. The summed E-state index contributed by atoms with van der Waals surface area (Å²) >= 11 is 1.87. The van der Waals surface area contributed by atoms with E-state index in [9.17, 15) is 0 Å². The second kappa shape index (κ2) is 4.00. The van der Waals surface area contributed by atoms with E-state index < -0.39 is 0 Å². The van der Waals surface area contributed by atoms with Gasteiger partial charge in [0.05, 0.1) is 0 Å². The Labute approximate surface area is 82.1 Å². The number of thioether (sulfide) groups is 1. The smallest absolute Gasteiger partial charge is 0.174 e. The van der Waals surface area contributed by atoms with Crippen molar-refractivity contribution < 1.29 is 0 Å². The number of aryl methyl sites for hydroxylation is 1. The van der Waals surface area contributed by atoms with Gasteiger partial charge in [-0.25, -0.2) is 0 Å². The van der Waals surface area contributed by atoms with Crippen LogP contribution in [0.4, 0.5) is 5.82 Å². The van der Waals surface area contributed by atoms with Crippen molar-refractivity contribution in [1.82, 2.24) is 15.4 Å². The van der Waals surface area contributed by atoms with Crippen molar-refractivity contribution in [2.24, 2.45) is 0 Å². The van der Waals surface area contributed by atoms with Crippen LogP contribution >= 0.6 is 11.8 Å². The van der Waals surface area contributed by atoms with Crippen LogP contribution in [0.1, 0.15) is 12.1 Å². The molecule has 0 bridgehead atoms. The standard InChI is InChI=1S/C8H14N4S/c1-13-6-5-12-4-2-3-7-8(12)10-11-9-7/h2-6H2,1H3,(H,9,10,11). The van der Waals surface area contributed by atoms with Crippen LogP contribution in [0.25, 0.3) is 0 Å². The van der Waals surface area contributed by atoms with Crippen LogP contribution in [0.2, 0.25) is 0 Å². The Bertz CT molecular complexity index is 273. The molecule has 2 rings (SSSR count). The number of nitrogens with one attached hydrogen (secondary N) is 1. The molecular formula is C8H14N4S. The van der Waals surface area contributed by atoms with Crippen LogP contribution in [0, 0.1) is 0 Å². The highest BCUT2D eigenvalue weighted by molar-refractivity contribution is 7.98. The monoisotopic (exact) mass is 198 g/mol. The zero-order chi connectivity index (χ0) is 9.10. The average Bonchev–Trinajstić information content (AvgIpc) is 2.62. The minimum Gasteiger partial charge on any atom is -0.353 e. The molecule has 72 valence electrons. The maximum absolute atomic E-state index is 4.17. The fraction of sp³-hybridized carbons (Fsp3) is 0.750. The Balaban J connectivity index is 2.07. The van der Waals surface area contributed by atoms with Gasteiger partial charge in [-0.2, -0.15) is 22.1 Å². The summed E-state index contributed by atoms with van der Waals surface area (Å²) in [5, 5.41) is 11.0. The van der Waals surface area contributed by atoms with Gasteiger partial charge in [0.1, 0.15) is 5.69 Å². The second-order valence-corrected chi connectivity index (χ2v) is 4.16. The predicted octanol–water partition coefficient (Wildman–Crippen LogP) is 0.920. The maximum atomic E-state index is 4.17. The molecule has 4 nitrogen and oxygen atoms in total. The summed E-state index contributed by atoms with van der Waals surface area (Å²) in [5.41, 5.74) is 1.13. The molecule has 0 fully saturated rings. The first-order valence-electron chi connectivity index (χ1n) is 4.55. The van der Waals surface area contributed by atoms with Gasteiger partial charge in [0.25, 0.3) is 0 Å². The summed E-state index contributed by atoms with van der Waals surface area (Å²) in [6.07, 6.45) is 4.41. The third-order valence-corrected chi connectivity index (χ3v) is 2.90. The van der Waals surface area contributed by atoms with Gasteiger partial charge in [-0.3, -0.25) is 0 Å². The first kappa shape index (κ1) is 8.87. The number of nitrogens with zero attached hydrogens (tertiary/aromatic N) is 3. The molecule has 0 unspecified atom stereocenters. The highest BCUT2D eigenvalue weighted by Gasteiger charge is 2.19. The normalized spacial score (nSPS) is 15.9. The van der Waals surface area contributed by atoms with Gasteiger partial charge in [-0.15, -0.1) is 5.10 Å². The van der Waals surface area contributed by atoms with Crippen molar-refractivity contribution in [2.75, 3.05) is 30.0 Å². The predicted molar refractivity (Wildman–Crippen MR) is 55.3 cm³/mol. The van der Waals surface area contributed by atoms with Gasteiger partial charge in [0.15, 0.2) is 5.82 Å². The van der Waals surface area contributed by atoms with Crippen LogP contribution in [-0.2, 0) is 6.42 Å². The first-order valence-corrected chi connectivity index (χ1v) is 5.94. The Morgan fingerprint density at radius 3 is 3.31 bits per heavy atom. The molecule has 1 N–H and O–H groups in total. The summed E-state index contributed by atoms with van der Waals surface area (Å²) in [7, 11) is 0. The molecule has 0 amide bonds. The number of hydrogen-bond acceptors (Lipinski definition) is 4. The summed E-state index contributed by atoms with van der Waals surface area (Å²) < 4.78 is 0. The van der Waals surface area contributed by atoms with E-state index in [0.717, 1.165) is 36.8 Å². The van der Waals surface area contributed by atoms with Crippen molar-refractivity contribution in [3.63, 3.8) is 0 Å². The average molecular weight is 198 g/mol. The van der Waals surface area contributed by atoms with Crippen LogP contribution in [0.15, 0.2) is 0 Å². The van der Waals surface area contributed by atoms with Crippen molar-refractivity contribution in [3.8, 4) is 0 Å². The van der Waals surface area contributed by atoms with Gasteiger partial charge < -0.3 is 4.90 Å². The summed E-state index contributed by atoms with van der Waals surface area (Å²) in [5.74, 6) is 2.23. The third-order valence-electron chi connectivity index (χ3n) is 2.31. The Morgan fingerprint density at radius 2 is 2.46 bits per heavy atom. The lowest BCUT2D eigenvalue weighted by Crippen LogP contribution is -2.31. The fourth-order valence-corrected chi connectivity index (χ4v) is 2.03. The molecule has 1 aliphatic heterocycles. The molecule has 2 heterocycles. The molecule has 0 aliphatic carbocycles. The topological polar surface area (TPSA) is 44.8 Å². The number of aromatic nitrogens is 3. The van der Waals surface area contributed by atoms with Crippen LogP contribution in [0.5, 0.6) is 0 Å². The van der Waals surface area contributed by atoms with E-state index in [2.05, 4.69) is 26.6 Å². The van der Waals surface area contributed by atoms with Crippen molar-refractivity contribution in [3.05, 3.63) is 5.69 Å². The highest BCUT2D eigenvalue weighted by Crippen LogP contribution is 2.21. The minimum atomic E-state index is 1.07. The van der Waals surface area contributed by atoms with Gasteiger partial charge >= 0.3 is 0 Å². The molecule has 0 spiro atoms. The molecule has 5 heteroatoms. The van der Waals surface area contributed by atoms with E-state index >= 15 is 0 Å². The van der Waals surface area contributed by atoms with Gasteiger partial charge in [0, 0.05) is 18.8 Å².